The molecule has 2 rings (SSSR count). The molecule has 0 atom stereocenters. The second-order valence-corrected chi connectivity index (χ2v) is 6.04. The van der Waals surface area contributed by atoms with Crippen LogP contribution >= 0.6 is 24.0 Å². The molecule has 0 unspecified atom stereocenters. The van der Waals surface area contributed by atoms with Crippen molar-refractivity contribution in [1.82, 2.24) is 4.90 Å². The maximum Gasteiger partial charge on any atom is 0.191 e. The Morgan fingerprint density at radius 2 is 1.68 bits per heavy atom. The molecule has 1 aliphatic rings. The van der Waals surface area contributed by atoms with Crippen LogP contribution < -0.4 is 15.2 Å². The van der Waals surface area contributed by atoms with E-state index in [1.807, 2.05) is 26.0 Å². The van der Waals surface area contributed by atoms with Gasteiger partial charge >= 0.3 is 0 Å². The summed E-state index contributed by atoms with van der Waals surface area (Å²) in [5.74, 6) is 2.30. The van der Waals surface area contributed by atoms with E-state index in [1.54, 1.807) is 0 Å². The van der Waals surface area contributed by atoms with Crippen LogP contribution in [0.5, 0.6) is 11.5 Å². The lowest BCUT2D eigenvalue weighted by Gasteiger charge is -2.21. The number of rotatable bonds is 7. The number of nitrogens with two attached hydrogens (primary N) is 1. The topological polar surface area (TPSA) is 60.1 Å². The standard InChI is InChI=1S/C19H31N3O2.HI/c1-3-23-17-10-9-16(15-18(17)24-4-2)11-12-21-19(20)22-13-7-5-6-8-14-22;/h9-10,15H,3-8,11-14H2,1-2H3,(H2,20,21);1H. The molecule has 0 aliphatic carbocycles. The minimum atomic E-state index is 0. The molecule has 1 aliphatic heterocycles. The van der Waals surface area contributed by atoms with Gasteiger partial charge < -0.3 is 20.1 Å². The first kappa shape index (κ1) is 21.9. The second kappa shape index (κ2) is 12.2. The van der Waals surface area contributed by atoms with Crippen molar-refractivity contribution >= 4 is 29.9 Å². The van der Waals surface area contributed by atoms with Crippen molar-refractivity contribution in [2.45, 2.75) is 46.0 Å². The number of halogens is 1. The smallest absolute Gasteiger partial charge is 0.191 e. The Balaban J connectivity index is 0.00000312. The fraction of sp³-hybridized carbons (Fsp3) is 0.632. The zero-order valence-electron chi connectivity index (χ0n) is 15.5. The van der Waals surface area contributed by atoms with Crippen LogP contribution in [-0.4, -0.2) is 43.7 Å². The van der Waals surface area contributed by atoms with Crippen molar-refractivity contribution in [2.24, 2.45) is 10.7 Å². The Morgan fingerprint density at radius 1 is 1.04 bits per heavy atom. The van der Waals surface area contributed by atoms with Gasteiger partial charge in [-0.15, -0.1) is 24.0 Å². The number of benzene rings is 1. The van der Waals surface area contributed by atoms with Gasteiger partial charge in [-0.05, 0) is 50.8 Å². The molecular formula is C19H32IN3O2. The van der Waals surface area contributed by atoms with E-state index < -0.39 is 0 Å². The molecule has 0 saturated carbocycles. The summed E-state index contributed by atoms with van der Waals surface area (Å²) in [4.78, 5) is 6.79. The van der Waals surface area contributed by atoms with Gasteiger partial charge in [0.1, 0.15) is 0 Å². The lowest BCUT2D eigenvalue weighted by molar-refractivity contribution is 0.287. The molecule has 1 aromatic rings. The summed E-state index contributed by atoms with van der Waals surface area (Å²) >= 11 is 0. The molecule has 142 valence electrons. The predicted octanol–water partition coefficient (Wildman–Crippen LogP) is 3.84. The predicted molar refractivity (Wildman–Crippen MR) is 114 cm³/mol. The quantitative estimate of drug-likeness (QED) is 0.381. The zero-order chi connectivity index (χ0) is 17.2. The van der Waals surface area contributed by atoms with E-state index in [0.29, 0.717) is 25.7 Å². The van der Waals surface area contributed by atoms with Gasteiger partial charge in [-0.1, -0.05) is 18.9 Å². The Bertz CT molecular complexity index is 529. The number of ether oxygens (including phenoxy) is 2. The SMILES string of the molecule is CCOc1ccc(CCN=C(N)N2CCCCCC2)cc1OCC.I. The molecule has 1 fully saturated rings. The molecule has 0 bridgehead atoms. The van der Waals surface area contributed by atoms with Crippen LogP contribution in [0.15, 0.2) is 23.2 Å². The van der Waals surface area contributed by atoms with Crippen molar-refractivity contribution in [1.29, 1.82) is 0 Å². The molecule has 0 amide bonds. The van der Waals surface area contributed by atoms with Crippen molar-refractivity contribution < 1.29 is 9.47 Å². The Hall–Kier alpha value is -1.18. The van der Waals surface area contributed by atoms with E-state index in [0.717, 1.165) is 31.0 Å². The van der Waals surface area contributed by atoms with Crippen LogP contribution in [0.3, 0.4) is 0 Å². The third-order valence-electron chi connectivity index (χ3n) is 4.21. The minimum Gasteiger partial charge on any atom is -0.490 e. The maximum absolute atomic E-state index is 6.15. The lowest BCUT2D eigenvalue weighted by Crippen LogP contribution is -2.38. The van der Waals surface area contributed by atoms with Crippen LogP contribution in [-0.2, 0) is 6.42 Å². The maximum atomic E-state index is 6.15. The van der Waals surface area contributed by atoms with Crippen LogP contribution in [0.25, 0.3) is 0 Å². The minimum absolute atomic E-state index is 0. The first-order valence-electron chi connectivity index (χ1n) is 9.18. The zero-order valence-corrected chi connectivity index (χ0v) is 17.8. The Morgan fingerprint density at radius 3 is 2.32 bits per heavy atom. The molecule has 2 N–H and O–H groups in total. The summed E-state index contributed by atoms with van der Waals surface area (Å²) in [6, 6.07) is 6.10. The number of hydrogen-bond acceptors (Lipinski definition) is 3. The summed E-state index contributed by atoms with van der Waals surface area (Å²) in [5, 5.41) is 0. The van der Waals surface area contributed by atoms with Gasteiger partial charge in [0.15, 0.2) is 17.5 Å². The molecule has 25 heavy (non-hydrogen) atoms. The number of aliphatic imine (C=N–C) groups is 1. The normalized spacial score (nSPS) is 15.3. The third kappa shape index (κ3) is 7.30. The van der Waals surface area contributed by atoms with E-state index in [-0.39, 0.29) is 24.0 Å². The molecule has 1 saturated heterocycles. The molecule has 0 aromatic heterocycles. The van der Waals surface area contributed by atoms with Gasteiger partial charge in [-0.2, -0.15) is 0 Å². The van der Waals surface area contributed by atoms with Crippen LogP contribution in [0.1, 0.15) is 45.1 Å². The largest absolute Gasteiger partial charge is 0.490 e. The number of likely N-dealkylation sites (tertiary alicyclic amines) is 1. The number of hydrogen-bond donors (Lipinski definition) is 1. The molecular weight excluding hydrogens is 429 g/mol. The van der Waals surface area contributed by atoms with Gasteiger partial charge in [-0.25, -0.2) is 0 Å². The van der Waals surface area contributed by atoms with Crippen LogP contribution in [0, 0.1) is 0 Å². The summed E-state index contributed by atoms with van der Waals surface area (Å²) in [7, 11) is 0. The monoisotopic (exact) mass is 461 g/mol. The fourth-order valence-electron chi connectivity index (χ4n) is 2.95. The van der Waals surface area contributed by atoms with Crippen molar-refractivity contribution in [3.05, 3.63) is 23.8 Å². The van der Waals surface area contributed by atoms with Gasteiger partial charge in [-0.3, -0.25) is 4.99 Å². The molecule has 1 aromatic carbocycles. The van der Waals surface area contributed by atoms with Crippen molar-refractivity contribution in [3.63, 3.8) is 0 Å². The third-order valence-corrected chi connectivity index (χ3v) is 4.21. The average molecular weight is 461 g/mol. The van der Waals surface area contributed by atoms with Gasteiger partial charge in [0.25, 0.3) is 0 Å². The fourth-order valence-corrected chi connectivity index (χ4v) is 2.95. The van der Waals surface area contributed by atoms with Gasteiger partial charge in [0, 0.05) is 19.6 Å². The Kier molecular flexibility index (Phi) is 10.7. The highest BCUT2D eigenvalue weighted by atomic mass is 127. The van der Waals surface area contributed by atoms with Crippen molar-refractivity contribution in [3.8, 4) is 11.5 Å². The molecule has 0 radical (unpaired) electrons. The van der Waals surface area contributed by atoms with Gasteiger partial charge in [0.05, 0.1) is 13.2 Å². The first-order valence-corrected chi connectivity index (χ1v) is 9.18. The Labute approximate surface area is 169 Å². The summed E-state index contributed by atoms with van der Waals surface area (Å²) < 4.78 is 11.3. The van der Waals surface area contributed by atoms with Gasteiger partial charge in [0.2, 0.25) is 0 Å². The highest BCUT2D eigenvalue weighted by molar-refractivity contribution is 14.0. The van der Waals surface area contributed by atoms with E-state index in [2.05, 4.69) is 16.0 Å². The van der Waals surface area contributed by atoms with E-state index in [1.165, 1.54) is 31.2 Å². The second-order valence-electron chi connectivity index (χ2n) is 6.04. The molecule has 5 nitrogen and oxygen atoms in total. The van der Waals surface area contributed by atoms with E-state index >= 15 is 0 Å². The first-order chi connectivity index (χ1) is 11.7. The summed E-state index contributed by atoms with van der Waals surface area (Å²) in [6.07, 6.45) is 5.88. The summed E-state index contributed by atoms with van der Waals surface area (Å²) in [6.45, 7) is 7.99. The van der Waals surface area contributed by atoms with Crippen LogP contribution in [0.2, 0.25) is 0 Å². The highest BCUT2D eigenvalue weighted by Crippen LogP contribution is 2.28. The molecule has 0 spiro atoms. The number of nitrogens with zero attached hydrogens (tertiary/aromatic N) is 2. The van der Waals surface area contributed by atoms with E-state index in [9.17, 15) is 0 Å². The van der Waals surface area contributed by atoms with E-state index in [4.69, 9.17) is 15.2 Å². The molecule has 1 heterocycles. The number of guanidine groups is 1. The summed E-state index contributed by atoms with van der Waals surface area (Å²) in [5.41, 5.74) is 7.34. The average Bonchev–Trinajstić information content (AvgIpc) is 2.87. The van der Waals surface area contributed by atoms with Crippen molar-refractivity contribution in [2.75, 3.05) is 32.8 Å². The lowest BCUT2D eigenvalue weighted by atomic mass is 10.1. The molecule has 6 heteroatoms. The van der Waals surface area contributed by atoms with Crippen LogP contribution in [0.4, 0.5) is 0 Å². The highest BCUT2D eigenvalue weighted by Gasteiger charge is 2.11.